The first-order valence-corrected chi connectivity index (χ1v) is 7.20. The van der Waals surface area contributed by atoms with Crippen molar-refractivity contribution < 1.29 is 4.52 Å². The summed E-state index contributed by atoms with van der Waals surface area (Å²) in [5.74, 6) is 1.49. The number of benzene rings is 1. The minimum atomic E-state index is 0.552. The molecule has 1 aromatic carbocycles. The molecule has 0 saturated carbocycles. The lowest BCUT2D eigenvalue weighted by Gasteiger charge is -2.18. The molecule has 3 aromatic rings. The molecule has 0 amide bonds. The lowest BCUT2D eigenvalue weighted by atomic mass is 9.99. The smallest absolute Gasteiger partial charge is 0.263 e. The minimum absolute atomic E-state index is 0.552. The number of hydrogen-bond acceptors (Lipinski definition) is 5. The number of nitrogens with zero attached hydrogens (tertiary/aromatic N) is 4. The number of anilines is 1. The molecule has 0 N–H and O–H groups in total. The van der Waals surface area contributed by atoms with Gasteiger partial charge in [-0.3, -0.25) is 0 Å². The van der Waals surface area contributed by atoms with E-state index in [4.69, 9.17) is 4.52 Å². The van der Waals surface area contributed by atoms with E-state index in [9.17, 15) is 0 Å². The molecule has 0 spiro atoms. The maximum Gasteiger partial charge on any atom is 0.263 e. The van der Waals surface area contributed by atoms with Crippen molar-refractivity contribution in [1.29, 1.82) is 0 Å². The van der Waals surface area contributed by atoms with Crippen molar-refractivity contribution in [3.8, 4) is 0 Å². The van der Waals surface area contributed by atoms with Crippen molar-refractivity contribution in [1.82, 2.24) is 15.1 Å². The van der Waals surface area contributed by atoms with Gasteiger partial charge in [-0.25, -0.2) is 4.98 Å². The van der Waals surface area contributed by atoms with Crippen LogP contribution in [0, 0.1) is 6.92 Å². The van der Waals surface area contributed by atoms with E-state index in [0.29, 0.717) is 11.6 Å². The maximum absolute atomic E-state index is 5.23. The molecule has 106 valence electrons. The highest BCUT2D eigenvalue weighted by Crippen LogP contribution is 2.33. The van der Waals surface area contributed by atoms with Crippen LogP contribution in [0.1, 0.15) is 23.6 Å². The van der Waals surface area contributed by atoms with Crippen LogP contribution in [0.15, 0.2) is 41.2 Å². The second-order valence-electron chi connectivity index (χ2n) is 5.49. The Hall–Kier alpha value is -2.43. The van der Waals surface area contributed by atoms with Gasteiger partial charge in [0.1, 0.15) is 17.5 Å². The first kappa shape index (κ1) is 12.3. The van der Waals surface area contributed by atoms with E-state index in [1.165, 1.54) is 5.56 Å². The maximum atomic E-state index is 5.23. The molecule has 1 atom stereocenters. The average molecular weight is 280 g/mol. The monoisotopic (exact) mass is 280 g/mol. The van der Waals surface area contributed by atoms with Gasteiger partial charge in [-0.05, 0) is 18.9 Å². The van der Waals surface area contributed by atoms with Crippen LogP contribution in [0.5, 0.6) is 0 Å². The normalized spacial score (nSPS) is 18.5. The molecule has 21 heavy (non-hydrogen) atoms. The predicted octanol–water partition coefficient (Wildman–Crippen LogP) is 2.92. The number of hydrogen-bond donors (Lipinski definition) is 0. The molecule has 1 fully saturated rings. The molecule has 5 heteroatoms. The van der Waals surface area contributed by atoms with Crippen LogP contribution in [-0.2, 0) is 0 Å². The molecule has 1 saturated heterocycles. The van der Waals surface area contributed by atoms with Crippen LogP contribution >= 0.6 is 0 Å². The van der Waals surface area contributed by atoms with E-state index in [-0.39, 0.29) is 0 Å². The highest BCUT2D eigenvalue weighted by Gasteiger charge is 2.27. The van der Waals surface area contributed by atoms with Gasteiger partial charge in [0.2, 0.25) is 0 Å². The van der Waals surface area contributed by atoms with Crippen LogP contribution < -0.4 is 4.90 Å². The van der Waals surface area contributed by atoms with Crippen molar-refractivity contribution in [2.45, 2.75) is 19.3 Å². The lowest BCUT2D eigenvalue weighted by Crippen LogP contribution is -2.20. The van der Waals surface area contributed by atoms with Gasteiger partial charge in [-0.2, -0.15) is 4.98 Å². The summed E-state index contributed by atoms with van der Waals surface area (Å²) in [6.45, 7) is 3.90. The molecule has 1 aliphatic rings. The van der Waals surface area contributed by atoms with Crippen LogP contribution in [0.2, 0.25) is 0 Å². The van der Waals surface area contributed by atoms with Gasteiger partial charge in [-0.15, -0.1) is 0 Å². The summed E-state index contributed by atoms with van der Waals surface area (Å²) in [4.78, 5) is 10.9. The van der Waals surface area contributed by atoms with E-state index < -0.39 is 0 Å². The molecule has 0 aliphatic carbocycles. The third kappa shape index (κ3) is 2.05. The highest BCUT2D eigenvalue weighted by atomic mass is 16.5. The largest absolute Gasteiger partial charge is 0.355 e. The standard InChI is InChI=1S/C16H16N4O/c1-11-14-15(17-10-18-16(14)21-19-11)20-8-7-13(9-20)12-5-3-2-4-6-12/h2-6,10,13H,7-9H2,1H3. The van der Waals surface area contributed by atoms with Gasteiger partial charge in [0.25, 0.3) is 5.71 Å². The molecule has 4 rings (SSSR count). The summed E-state index contributed by atoms with van der Waals surface area (Å²) >= 11 is 0. The van der Waals surface area contributed by atoms with Gasteiger partial charge in [0, 0.05) is 19.0 Å². The Labute approximate surface area is 122 Å². The number of fused-ring (bicyclic) bond motifs is 1. The third-order valence-electron chi connectivity index (χ3n) is 4.18. The Bertz CT molecular complexity index is 768. The zero-order chi connectivity index (χ0) is 14.2. The fourth-order valence-corrected chi connectivity index (χ4v) is 3.09. The molecular formula is C16H16N4O. The van der Waals surface area contributed by atoms with Crippen molar-refractivity contribution in [2.75, 3.05) is 18.0 Å². The predicted molar refractivity (Wildman–Crippen MR) is 80.3 cm³/mol. The van der Waals surface area contributed by atoms with E-state index in [1.54, 1.807) is 6.33 Å². The molecule has 1 aliphatic heterocycles. The zero-order valence-electron chi connectivity index (χ0n) is 11.9. The minimum Gasteiger partial charge on any atom is -0.355 e. The van der Waals surface area contributed by atoms with Gasteiger partial charge in [-0.1, -0.05) is 35.5 Å². The van der Waals surface area contributed by atoms with E-state index in [1.807, 2.05) is 6.92 Å². The topological polar surface area (TPSA) is 55.1 Å². The summed E-state index contributed by atoms with van der Waals surface area (Å²) in [7, 11) is 0. The molecule has 0 radical (unpaired) electrons. The van der Waals surface area contributed by atoms with E-state index in [0.717, 1.165) is 36.4 Å². The Morgan fingerprint density at radius 3 is 2.90 bits per heavy atom. The summed E-state index contributed by atoms with van der Waals surface area (Å²) in [6.07, 6.45) is 2.69. The summed E-state index contributed by atoms with van der Waals surface area (Å²) in [5, 5.41) is 4.94. The Kier molecular flexibility index (Phi) is 2.84. The van der Waals surface area contributed by atoms with Crippen molar-refractivity contribution in [3.63, 3.8) is 0 Å². The van der Waals surface area contributed by atoms with Crippen molar-refractivity contribution in [3.05, 3.63) is 47.9 Å². The van der Waals surface area contributed by atoms with E-state index in [2.05, 4.69) is 50.4 Å². The first-order chi connectivity index (χ1) is 10.3. The van der Waals surface area contributed by atoms with Crippen molar-refractivity contribution >= 4 is 16.9 Å². The fraction of sp³-hybridized carbons (Fsp3) is 0.312. The summed E-state index contributed by atoms with van der Waals surface area (Å²) in [5.41, 5.74) is 2.82. The van der Waals surface area contributed by atoms with Crippen LogP contribution in [0.25, 0.3) is 11.1 Å². The van der Waals surface area contributed by atoms with Gasteiger partial charge in [0.15, 0.2) is 0 Å². The quantitative estimate of drug-likeness (QED) is 0.722. The average Bonchev–Trinajstić information content (AvgIpc) is 3.16. The second kappa shape index (κ2) is 4.84. The zero-order valence-corrected chi connectivity index (χ0v) is 11.9. The van der Waals surface area contributed by atoms with Gasteiger partial charge in [0.05, 0.1) is 5.69 Å². The Balaban J connectivity index is 1.67. The van der Waals surface area contributed by atoms with Gasteiger partial charge >= 0.3 is 0 Å². The Morgan fingerprint density at radius 2 is 2.05 bits per heavy atom. The van der Waals surface area contributed by atoms with E-state index >= 15 is 0 Å². The molecule has 0 bridgehead atoms. The first-order valence-electron chi connectivity index (χ1n) is 7.20. The SMILES string of the molecule is Cc1noc2ncnc(N3CCC(c4ccccc4)C3)c12. The summed E-state index contributed by atoms with van der Waals surface area (Å²) < 4.78 is 5.23. The van der Waals surface area contributed by atoms with Crippen LogP contribution in [-0.4, -0.2) is 28.2 Å². The fourth-order valence-electron chi connectivity index (χ4n) is 3.09. The number of rotatable bonds is 2. The van der Waals surface area contributed by atoms with Crippen LogP contribution in [0.4, 0.5) is 5.82 Å². The van der Waals surface area contributed by atoms with Crippen molar-refractivity contribution in [2.24, 2.45) is 0 Å². The highest BCUT2D eigenvalue weighted by molar-refractivity contribution is 5.88. The lowest BCUT2D eigenvalue weighted by molar-refractivity contribution is 0.442. The summed E-state index contributed by atoms with van der Waals surface area (Å²) in [6, 6.07) is 10.7. The molecule has 2 aromatic heterocycles. The molecule has 1 unspecified atom stereocenters. The third-order valence-corrected chi connectivity index (χ3v) is 4.18. The van der Waals surface area contributed by atoms with Crippen LogP contribution in [0.3, 0.4) is 0 Å². The second-order valence-corrected chi connectivity index (χ2v) is 5.49. The molecule has 5 nitrogen and oxygen atoms in total. The number of aromatic nitrogens is 3. The molecular weight excluding hydrogens is 264 g/mol. The van der Waals surface area contributed by atoms with Gasteiger partial charge < -0.3 is 9.42 Å². The Morgan fingerprint density at radius 1 is 1.19 bits per heavy atom. The number of aryl methyl sites for hydroxylation is 1. The molecule has 3 heterocycles.